The van der Waals surface area contributed by atoms with Crippen LogP contribution in [0.4, 0.5) is 0 Å². The van der Waals surface area contributed by atoms with Gasteiger partial charge >= 0.3 is 0 Å². The molecule has 0 aliphatic heterocycles. The molecule has 0 fully saturated rings. The van der Waals surface area contributed by atoms with E-state index in [-0.39, 0.29) is 6.42 Å². The number of para-hydroxylation sites is 1. The van der Waals surface area contributed by atoms with Crippen molar-refractivity contribution in [1.29, 1.82) is 5.26 Å². The largest absolute Gasteiger partial charge is 0.389 e. The summed E-state index contributed by atoms with van der Waals surface area (Å²) in [6.45, 7) is 0. The quantitative estimate of drug-likeness (QED) is 0.835. The Bertz CT molecular complexity index is 557. The fourth-order valence-electron chi connectivity index (χ4n) is 1.79. The van der Waals surface area contributed by atoms with E-state index in [0.29, 0.717) is 5.56 Å². The smallest absolute Gasteiger partial charge is 0.107 e. The van der Waals surface area contributed by atoms with Crippen molar-refractivity contribution in [3.8, 4) is 6.07 Å². The minimum absolute atomic E-state index is 0.0994. The van der Waals surface area contributed by atoms with Gasteiger partial charge in [-0.05, 0) is 17.7 Å². The molecule has 86 valence electrons. The molecule has 4 nitrogen and oxygen atoms in total. The Morgan fingerprint density at radius 3 is 2.76 bits per heavy atom. The third kappa shape index (κ3) is 2.26. The Morgan fingerprint density at radius 2 is 2.00 bits per heavy atom. The Labute approximate surface area is 98.8 Å². The van der Waals surface area contributed by atoms with Crippen LogP contribution in [0, 0.1) is 11.3 Å². The number of rotatable bonds is 3. The van der Waals surface area contributed by atoms with Crippen molar-refractivity contribution < 1.29 is 10.2 Å². The minimum Gasteiger partial charge on any atom is -0.389 e. The van der Waals surface area contributed by atoms with E-state index in [4.69, 9.17) is 5.26 Å². The van der Waals surface area contributed by atoms with Gasteiger partial charge in [-0.15, -0.1) is 0 Å². The molecule has 0 spiro atoms. The number of hydrogen-bond acceptors (Lipinski definition) is 4. The number of pyridine rings is 1. The number of hydrogen-bond donors (Lipinski definition) is 2. The van der Waals surface area contributed by atoms with Crippen molar-refractivity contribution in [2.24, 2.45) is 0 Å². The third-order valence-corrected chi connectivity index (χ3v) is 2.67. The maximum absolute atomic E-state index is 9.99. The number of aliphatic hydroxyl groups is 2. The van der Waals surface area contributed by atoms with Gasteiger partial charge in [-0.3, -0.25) is 4.98 Å². The molecule has 2 unspecified atom stereocenters. The Kier molecular flexibility index (Phi) is 3.33. The topological polar surface area (TPSA) is 77.1 Å². The highest BCUT2D eigenvalue weighted by Gasteiger charge is 2.20. The average molecular weight is 228 g/mol. The highest BCUT2D eigenvalue weighted by molar-refractivity contribution is 5.82. The van der Waals surface area contributed by atoms with E-state index in [1.54, 1.807) is 12.3 Å². The molecule has 17 heavy (non-hydrogen) atoms. The lowest BCUT2D eigenvalue weighted by Gasteiger charge is -2.17. The SMILES string of the molecule is N#CCC(O)C(O)c1ccnc2ccccc12. The van der Waals surface area contributed by atoms with Gasteiger partial charge < -0.3 is 10.2 Å². The third-order valence-electron chi connectivity index (χ3n) is 2.67. The molecule has 0 saturated heterocycles. The molecule has 0 aliphatic rings. The molecule has 2 N–H and O–H groups in total. The normalized spacial score (nSPS) is 14.2. The molecule has 4 heteroatoms. The summed E-state index contributed by atoms with van der Waals surface area (Å²) in [7, 11) is 0. The molecule has 0 aliphatic carbocycles. The number of aromatic nitrogens is 1. The zero-order valence-electron chi connectivity index (χ0n) is 9.11. The summed E-state index contributed by atoms with van der Waals surface area (Å²) in [4.78, 5) is 4.17. The van der Waals surface area contributed by atoms with Crippen LogP contribution in [-0.2, 0) is 0 Å². The molecule has 0 saturated carbocycles. The molecule has 0 bridgehead atoms. The molecule has 2 aromatic rings. The monoisotopic (exact) mass is 228 g/mol. The maximum atomic E-state index is 9.99. The summed E-state index contributed by atoms with van der Waals surface area (Å²) in [5, 5.41) is 28.9. The van der Waals surface area contributed by atoms with Crippen LogP contribution in [0.5, 0.6) is 0 Å². The Hall–Kier alpha value is -1.96. The van der Waals surface area contributed by atoms with E-state index in [9.17, 15) is 10.2 Å². The average Bonchev–Trinajstić information content (AvgIpc) is 2.37. The van der Waals surface area contributed by atoms with Gasteiger partial charge in [0, 0.05) is 11.6 Å². The van der Waals surface area contributed by atoms with Crippen LogP contribution in [0.25, 0.3) is 10.9 Å². The second kappa shape index (κ2) is 4.91. The predicted octanol–water partition coefficient (Wildman–Crippen LogP) is 1.54. The van der Waals surface area contributed by atoms with Crippen molar-refractivity contribution in [2.75, 3.05) is 0 Å². The van der Waals surface area contributed by atoms with Crippen molar-refractivity contribution in [3.05, 3.63) is 42.1 Å². The van der Waals surface area contributed by atoms with E-state index < -0.39 is 12.2 Å². The lowest BCUT2D eigenvalue weighted by Crippen LogP contribution is -2.17. The number of nitriles is 1. The summed E-state index contributed by atoms with van der Waals surface area (Å²) in [6, 6.07) is 10.9. The van der Waals surface area contributed by atoms with Crippen LogP contribution in [-0.4, -0.2) is 21.3 Å². The van der Waals surface area contributed by atoms with E-state index in [1.165, 1.54) is 0 Å². The van der Waals surface area contributed by atoms with Crippen molar-refractivity contribution in [3.63, 3.8) is 0 Å². The van der Waals surface area contributed by atoms with E-state index in [2.05, 4.69) is 4.98 Å². The zero-order chi connectivity index (χ0) is 12.3. The van der Waals surface area contributed by atoms with Gasteiger partial charge in [0.2, 0.25) is 0 Å². The van der Waals surface area contributed by atoms with Gasteiger partial charge in [-0.2, -0.15) is 5.26 Å². The number of fused-ring (bicyclic) bond motifs is 1. The number of benzene rings is 1. The summed E-state index contributed by atoms with van der Waals surface area (Å²) < 4.78 is 0. The van der Waals surface area contributed by atoms with Gasteiger partial charge in [-0.1, -0.05) is 18.2 Å². The van der Waals surface area contributed by atoms with Gasteiger partial charge in [0.15, 0.2) is 0 Å². The Balaban J connectivity index is 2.45. The highest BCUT2D eigenvalue weighted by Crippen LogP contribution is 2.25. The first kappa shape index (κ1) is 11.5. The first-order valence-corrected chi connectivity index (χ1v) is 5.30. The summed E-state index contributed by atoms with van der Waals surface area (Å²) in [6.07, 6.45) is -0.661. The lowest BCUT2D eigenvalue weighted by atomic mass is 9.99. The molecule has 1 aromatic heterocycles. The number of aliphatic hydroxyl groups excluding tert-OH is 2. The molecule has 1 aromatic carbocycles. The zero-order valence-corrected chi connectivity index (χ0v) is 9.11. The lowest BCUT2D eigenvalue weighted by molar-refractivity contribution is 0.0225. The van der Waals surface area contributed by atoms with Gasteiger partial charge in [0.1, 0.15) is 6.10 Å². The standard InChI is InChI=1S/C13H12N2O2/c14-7-5-12(16)13(17)10-6-8-15-11-4-2-1-3-9(10)11/h1-4,6,8,12-13,16-17H,5H2. The fraction of sp³-hybridized carbons (Fsp3) is 0.231. The molecule has 0 amide bonds. The van der Waals surface area contributed by atoms with E-state index >= 15 is 0 Å². The van der Waals surface area contributed by atoms with Gasteiger partial charge in [0.25, 0.3) is 0 Å². The maximum Gasteiger partial charge on any atom is 0.107 e. The Morgan fingerprint density at radius 1 is 1.24 bits per heavy atom. The van der Waals surface area contributed by atoms with Crippen molar-refractivity contribution in [2.45, 2.75) is 18.6 Å². The molecular weight excluding hydrogens is 216 g/mol. The summed E-state index contributed by atoms with van der Waals surface area (Å²) in [5.74, 6) is 0. The molecule has 2 rings (SSSR count). The second-order valence-corrected chi connectivity index (χ2v) is 3.79. The minimum atomic E-state index is -1.08. The van der Waals surface area contributed by atoms with Crippen LogP contribution < -0.4 is 0 Å². The first-order chi connectivity index (χ1) is 8.24. The molecule has 2 atom stereocenters. The van der Waals surface area contributed by atoms with Crippen molar-refractivity contribution in [1.82, 2.24) is 4.98 Å². The first-order valence-electron chi connectivity index (χ1n) is 5.30. The van der Waals surface area contributed by atoms with E-state index in [0.717, 1.165) is 10.9 Å². The molecular formula is C13H12N2O2. The molecule has 0 radical (unpaired) electrons. The second-order valence-electron chi connectivity index (χ2n) is 3.79. The highest BCUT2D eigenvalue weighted by atomic mass is 16.3. The van der Waals surface area contributed by atoms with Gasteiger partial charge in [-0.25, -0.2) is 0 Å². The fourth-order valence-corrected chi connectivity index (χ4v) is 1.79. The van der Waals surface area contributed by atoms with Crippen LogP contribution in [0.1, 0.15) is 18.1 Å². The van der Waals surface area contributed by atoms with Gasteiger partial charge in [0.05, 0.1) is 24.1 Å². The van der Waals surface area contributed by atoms with Crippen LogP contribution >= 0.6 is 0 Å². The molecule has 1 heterocycles. The van der Waals surface area contributed by atoms with Crippen LogP contribution in [0.2, 0.25) is 0 Å². The number of nitrogens with zero attached hydrogens (tertiary/aromatic N) is 2. The summed E-state index contributed by atoms with van der Waals surface area (Å²) in [5.41, 5.74) is 1.35. The predicted molar refractivity (Wildman–Crippen MR) is 62.9 cm³/mol. The van der Waals surface area contributed by atoms with Crippen LogP contribution in [0.3, 0.4) is 0 Å². The van der Waals surface area contributed by atoms with E-state index in [1.807, 2.05) is 30.3 Å². The summed E-state index contributed by atoms with van der Waals surface area (Å²) >= 11 is 0. The van der Waals surface area contributed by atoms with Crippen molar-refractivity contribution >= 4 is 10.9 Å². The van der Waals surface area contributed by atoms with Crippen LogP contribution in [0.15, 0.2) is 36.5 Å².